The predicted molar refractivity (Wildman–Crippen MR) is 73.0 cm³/mol. The quantitative estimate of drug-likeness (QED) is 0.763. The van der Waals surface area contributed by atoms with Crippen LogP contribution in [0.15, 0.2) is 18.2 Å². The number of carboxylic acids is 1. The fourth-order valence-electron chi connectivity index (χ4n) is 2.33. The summed E-state index contributed by atoms with van der Waals surface area (Å²) in [6.07, 6.45) is 0.00134. The molecule has 2 N–H and O–H groups in total. The summed E-state index contributed by atoms with van der Waals surface area (Å²) in [4.78, 5) is 36.1. The third kappa shape index (κ3) is 2.55. The Kier molecular flexibility index (Phi) is 3.85. The number of Topliss-reactive ketones (excluding diaryl/α,β-unsaturated/α-hetero) is 1. The zero-order chi connectivity index (χ0) is 14.9. The van der Waals surface area contributed by atoms with Gasteiger partial charge in [-0.05, 0) is 30.8 Å². The van der Waals surface area contributed by atoms with Crippen LogP contribution in [0.2, 0.25) is 0 Å². The van der Waals surface area contributed by atoms with Gasteiger partial charge in [-0.25, -0.2) is 0 Å². The molecule has 2 rings (SSSR count). The molecule has 1 aliphatic rings. The van der Waals surface area contributed by atoms with Crippen molar-refractivity contribution < 1.29 is 19.5 Å². The van der Waals surface area contributed by atoms with Crippen LogP contribution in [-0.2, 0) is 16.0 Å². The fraction of sp³-hybridized carbons (Fsp3) is 0.357. The van der Waals surface area contributed by atoms with Crippen LogP contribution < -0.4 is 10.2 Å². The average molecular weight is 276 g/mol. The molecule has 1 atom stereocenters. The van der Waals surface area contributed by atoms with Gasteiger partial charge >= 0.3 is 5.97 Å². The Morgan fingerprint density at radius 2 is 2.15 bits per heavy atom. The van der Waals surface area contributed by atoms with Crippen molar-refractivity contribution in [3.8, 4) is 0 Å². The van der Waals surface area contributed by atoms with Crippen LogP contribution in [0.4, 0.5) is 5.69 Å². The zero-order valence-corrected chi connectivity index (χ0v) is 11.3. The Labute approximate surface area is 116 Å². The van der Waals surface area contributed by atoms with Gasteiger partial charge in [0.2, 0.25) is 5.91 Å². The standard InChI is InChI=1S/C14H16N2O4/c1-15-10(7-13(18)19)14(20)8-3-4-11-9(5-8)6-12(17)16(11)2/h3-5,10,15H,6-7H2,1-2H3,(H,18,19). The van der Waals surface area contributed by atoms with Gasteiger partial charge in [-0.1, -0.05) is 0 Å². The summed E-state index contributed by atoms with van der Waals surface area (Å²) >= 11 is 0. The molecule has 106 valence electrons. The molecule has 0 saturated carbocycles. The first-order chi connectivity index (χ1) is 9.43. The summed E-state index contributed by atoms with van der Waals surface area (Å²) < 4.78 is 0. The summed E-state index contributed by atoms with van der Waals surface area (Å²) in [6.45, 7) is 0. The van der Waals surface area contributed by atoms with Crippen LogP contribution in [0.3, 0.4) is 0 Å². The molecular formula is C14H16N2O4. The van der Waals surface area contributed by atoms with Crippen LogP contribution in [-0.4, -0.2) is 42.9 Å². The number of carbonyl (C=O) groups is 3. The largest absolute Gasteiger partial charge is 0.481 e. The molecule has 0 spiro atoms. The third-order valence-corrected chi connectivity index (χ3v) is 3.48. The molecular weight excluding hydrogens is 260 g/mol. The van der Waals surface area contributed by atoms with E-state index in [4.69, 9.17) is 5.11 Å². The van der Waals surface area contributed by atoms with Crippen LogP contribution in [0, 0.1) is 0 Å². The molecule has 1 aromatic rings. The van der Waals surface area contributed by atoms with E-state index in [2.05, 4.69) is 5.32 Å². The second kappa shape index (κ2) is 5.42. The van der Waals surface area contributed by atoms with Crippen molar-refractivity contribution in [2.24, 2.45) is 0 Å². The maximum Gasteiger partial charge on any atom is 0.305 e. The lowest BCUT2D eigenvalue weighted by molar-refractivity contribution is -0.137. The van der Waals surface area contributed by atoms with Crippen molar-refractivity contribution >= 4 is 23.3 Å². The van der Waals surface area contributed by atoms with E-state index in [-0.39, 0.29) is 24.5 Å². The Bertz CT molecular complexity index is 583. The Morgan fingerprint density at radius 3 is 2.75 bits per heavy atom. The van der Waals surface area contributed by atoms with Gasteiger partial charge in [0.25, 0.3) is 0 Å². The SMILES string of the molecule is CNC(CC(=O)O)C(=O)c1ccc2c(c1)CC(=O)N2C. The number of ketones is 1. The molecule has 0 aliphatic carbocycles. The zero-order valence-electron chi connectivity index (χ0n) is 11.3. The normalized spacial score (nSPS) is 15.1. The predicted octanol–water partition coefficient (Wildman–Crippen LogP) is 0.451. The van der Waals surface area contributed by atoms with E-state index in [9.17, 15) is 14.4 Å². The molecule has 1 amide bonds. The van der Waals surface area contributed by atoms with Crippen molar-refractivity contribution in [3.63, 3.8) is 0 Å². The van der Waals surface area contributed by atoms with Gasteiger partial charge in [0.05, 0.1) is 18.9 Å². The summed E-state index contributed by atoms with van der Waals surface area (Å²) in [5.41, 5.74) is 2.02. The van der Waals surface area contributed by atoms with Crippen LogP contribution in [0.25, 0.3) is 0 Å². The summed E-state index contributed by atoms with van der Waals surface area (Å²) in [5.74, 6) is -1.33. The minimum Gasteiger partial charge on any atom is -0.481 e. The van der Waals surface area contributed by atoms with Crippen molar-refractivity contribution in [1.29, 1.82) is 0 Å². The van der Waals surface area contributed by atoms with E-state index in [1.807, 2.05) is 0 Å². The lowest BCUT2D eigenvalue weighted by Gasteiger charge is -2.14. The lowest BCUT2D eigenvalue weighted by Crippen LogP contribution is -2.36. The fourth-order valence-corrected chi connectivity index (χ4v) is 2.33. The maximum atomic E-state index is 12.2. The van der Waals surface area contributed by atoms with E-state index >= 15 is 0 Å². The number of nitrogens with zero attached hydrogens (tertiary/aromatic N) is 1. The topological polar surface area (TPSA) is 86.7 Å². The number of likely N-dealkylation sites (N-methyl/N-ethyl adjacent to an activating group) is 2. The number of carbonyl (C=O) groups excluding carboxylic acids is 2. The first kappa shape index (κ1) is 14.2. The van der Waals surface area contributed by atoms with Gasteiger partial charge in [-0.2, -0.15) is 0 Å². The Morgan fingerprint density at radius 1 is 1.45 bits per heavy atom. The van der Waals surface area contributed by atoms with Gasteiger partial charge in [0, 0.05) is 18.3 Å². The number of rotatable bonds is 5. The number of benzene rings is 1. The number of anilines is 1. The molecule has 0 saturated heterocycles. The molecule has 1 unspecified atom stereocenters. The highest BCUT2D eigenvalue weighted by Gasteiger charge is 2.27. The maximum absolute atomic E-state index is 12.2. The second-order valence-electron chi connectivity index (χ2n) is 4.78. The van der Waals surface area contributed by atoms with Crippen LogP contribution in [0.1, 0.15) is 22.3 Å². The molecule has 1 aliphatic heterocycles. The van der Waals surface area contributed by atoms with Crippen LogP contribution in [0.5, 0.6) is 0 Å². The minimum atomic E-state index is -1.03. The molecule has 20 heavy (non-hydrogen) atoms. The number of aliphatic carboxylic acids is 1. The van der Waals surface area contributed by atoms with Crippen molar-refractivity contribution in [1.82, 2.24) is 5.32 Å². The van der Waals surface area contributed by atoms with E-state index < -0.39 is 12.0 Å². The van der Waals surface area contributed by atoms with E-state index in [1.54, 1.807) is 37.2 Å². The molecule has 6 heteroatoms. The molecule has 0 bridgehead atoms. The molecule has 0 radical (unpaired) electrons. The summed E-state index contributed by atoms with van der Waals surface area (Å²) in [7, 11) is 3.24. The van der Waals surface area contributed by atoms with Gasteiger partial charge in [-0.3, -0.25) is 14.4 Å². The third-order valence-electron chi connectivity index (χ3n) is 3.48. The Hall–Kier alpha value is -2.21. The van der Waals surface area contributed by atoms with Gasteiger partial charge in [0.15, 0.2) is 5.78 Å². The minimum absolute atomic E-state index is 0.0136. The van der Waals surface area contributed by atoms with Crippen LogP contribution >= 0.6 is 0 Å². The molecule has 0 fully saturated rings. The van der Waals surface area contributed by atoms with Crippen molar-refractivity contribution in [2.75, 3.05) is 19.0 Å². The van der Waals surface area contributed by atoms with Crippen molar-refractivity contribution in [3.05, 3.63) is 29.3 Å². The highest BCUT2D eigenvalue weighted by molar-refractivity contribution is 6.05. The molecule has 1 heterocycles. The number of hydrogen-bond donors (Lipinski definition) is 2. The van der Waals surface area contributed by atoms with Gasteiger partial charge < -0.3 is 15.3 Å². The first-order valence-corrected chi connectivity index (χ1v) is 6.26. The summed E-state index contributed by atoms with van der Waals surface area (Å²) in [5, 5.41) is 11.5. The highest BCUT2D eigenvalue weighted by Crippen LogP contribution is 2.28. The number of carboxylic acid groups (broad SMARTS) is 1. The number of fused-ring (bicyclic) bond motifs is 1. The highest BCUT2D eigenvalue weighted by atomic mass is 16.4. The molecule has 0 aromatic heterocycles. The molecule has 6 nitrogen and oxygen atoms in total. The van der Waals surface area contributed by atoms with E-state index in [0.29, 0.717) is 5.56 Å². The van der Waals surface area contributed by atoms with E-state index in [0.717, 1.165) is 11.3 Å². The average Bonchev–Trinajstić information content (AvgIpc) is 2.70. The summed E-state index contributed by atoms with van der Waals surface area (Å²) in [6, 6.07) is 4.26. The molecule has 1 aromatic carbocycles. The van der Waals surface area contributed by atoms with Gasteiger partial charge in [0.1, 0.15) is 0 Å². The number of nitrogens with one attached hydrogen (secondary N) is 1. The first-order valence-electron chi connectivity index (χ1n) is 6.26. The van der Waals surface area contributed by atoms with Gasteiger partial charge in [-0.15, -0.1) is 0 Å². The van der Waals surface area contributed by atoms with Crippen molar-refractivity contribution in [2.45, 2.75) is 18.9 Å². The second-order valence-corrected chi connectivity index (χ2v) is 4.78. The monoisotopic (exact) mass is 276 g/mol. The Balaban J connectivity index is 2.26. The van der Waals surface area contributed by atoms with E-state index in [1.165, 1.54) is 0 Å². The smallest absolute Gasteiger partial charge is 0.305 e. The number of amides is 1. The lowest BCUT2D eigenvalue weighted by atomic mass is 9.99. The number of hydrogen-bond acceptors (Lipinski definition) is 4.